The lowest BCUT2D eigenvalue weighted by Crippen LogP contribution is -2.01. The first-order chi connectivity index (χ1) is 34.7. The molecule has 0 atom stereocenters. The van der Waals surface area contributed by atoms with Gasteiger partial charge in [-0.05, 0) is 61.5 Å². The summed E-state index contributed by atoms with van der Waals surface area (Å²) in [5.41, 5.74) is 18.9. The Bertz CT molecular complexity index is 3900. The first-order valence-electron chi connectivity index (χ1n) is 23.9. The number of nitrogens with zero attached hydrogens (tertiary/aromatic N) is 3. The van der Waals surface area contributed by atoms with Gasteiger partial charge in [0.2, 0.25) is 0 Å². The molecule has 326 valence electrons. The molecule has 3 heteroatoms. The summed E-state index contributed by atoms with van der Waals surface area (Å²) in [6.07, 6.45) is 0. The van der Waals surface area contributed by atoms with E-state index in [-0.39, 0.29) is 0 Å². The third-order valence-corrected chi connectivity index (χ3v) is 13.7. The van der Waals surface area contributed by atoms with Gasteiger partial charge in [-0.25, -0.2) is 15.0 Å². The lowest BCUT2D eigenvalue weighted by Gasteiger charge is -2.23. The normalized spacial score (nSPS) is 11.4. The molecule has 0 fully saturated rings. The molecular weight excluding hydrogens is 847 g/mol. The second-order valence-electron chi connectivity index (χ2n) is 17.8. The fourth-order valence-electron chi connectivity index (χ4n) is 10.5. The van der Waals surface area contributed by atoms with Crippen molar-refractivity contribution in [3.05, 3.63) is 261 Å². The van der Waals surface area contributed by atoms with Crippen molar-refractivity contribution in [1.82, 2.24) is 15.0 Å². The van der Waals surface area contributed by atoms with Crippen LogP contribution in [0.25, 0.3) is 133 Å². The number of hydrogen-bond donors (Lipinski definition) is 0. The van der Waals surface area contributed by atoms with Gasteiger partial charge in [-0.2, -0.15) is 0 Å². The minimum Gasteiger partial charge on any atom is -0.246 e. The van der Waals surface area contributed by atoms with Crippen LogP contribution >= 0.6 is 0 Å². The lowest BCUT2D eigenvalue weighted by atomic mass is 9.82. The van der Waals surface area contributed by atoms with Crippen molar-refractivity contribution < 1.29 is 0 Å². The van der Waals surface area contributed by atoms with Crippen LogP contribution in [0, 0.1) is 0 Å². The summed E-state index contributed by atoms with van der Waals surface area (Å²) >= 11 is 0. The highest BCUT2D eigenvalue weighted by atomic mass is 14.8. The van der Waals surface area contributed by atoms with Crippen molar-refractivity contribution in [2.24, 2.45) is 0 Å². The molecule has 70 heavy (non-hydrogen) atoms. The third-order valence-electron chi connectivity index (χ3n) is 13.7. The zero-order valence-electron chi connectivity index (χ0n) is 38.2. The third kappa shape index (κ3) is 7.11. The molecule has 0 bridgehead atoms. The van der Waals surface area contributed by atoms with Gasteiger partial charge in [0.15, 0.2) is 0 Å². The van der Waals surface area contributed by atoms with Crippen LogP contribution in [0.2, 0.25) is 0 Å². The van der Waals surface area contributed by atoms with Crippen LogP contribution in [0.1, 0.15) is 0 Å². The number of fused-ring (bicyclic) bond motifs is 5. The fourth-order valence-corrected chi connectivity index (χ4v) is 10.5. The van der Waals surface area contributed by atoms with Gasteiger partial charge >= 0.3 is 0 Å². The first kappa shape index (κ1) is 40.9. The second-order valence-corrected chi connectivity index (χ2v) is 17.8. The number of aromatic nitrogens is 3. The summed E-state index contributed by atoms with van der Waals surface area (Å²) in [5, 5.41) is 6.77. The average Bonchev–Trinajstić information content (AvgIpc) is 3.45. The number of rotatable bonds is 8. The summed E-state index contributed by atoms with van der Waals surface area (Å²) in [6, 6.07) is 93.0. The Kier molecular flexibility index (Phi) is 10.2. The van der Waals surface area contributed by atoms with Crippen molar-refractivity contribution in [2.75, 3.05) is 0 Å². The molecule has 0 unspecified atom stereocenters. The summed E-state index contributed by atoms with van der Waals surface area (Å²) in [6.45, 7) is 0. The quantitative estimate of drug-likeness (QED) is 0.113. The summed E-state index contributed by atoms with van der Waals surface area (Å²) in [7, 11) is 0. The van der Waals surface area contributed by atoms with Crippen LogP contribution in [-0.4, -0.2) is 15.0 Å². The number of pyridine rings is 3. The van der Waals surface area contributed by atoms with Crippen LogP contribution in [0.4, 0.5) is 0 Å². The number of hydrogen-bond acceptors (Lipinski definition) is 3. The number of benzene rings is 10. The molecule has 10 aromatic carbocycles. The molecule has 0 spiro atoms. The maximum atomic E-state index is 5.66. The van der Waals surface area contributed by atoms with Crippen molar-refractivity contribution >= 4 is 43.4 Å². The summed E-state index contributed by atoms with van der Waals surface area (Å²) < 4.78 is 0. The van der Waals surface area contributed by atoms with Gasteiger partial charge in [-0.15, -0.1) is 0 Å². The molecule has 0 radical (unpaired) electrons. The zero-order valence-corrected chi connectivity index (χ0v) is 38.2. The molecule has 0 N–H and O–H groups in total. The molecule has 13 rings (SSSR count). The molecule has 3 nitrogen and oxygen atoms in total. The molecule has 3 heterocycles. The van der Waals surface area contributed by atoms with Gasteiger partial charge < -0.3 is 0 Å². The smallest absolute Gasteiger partial charge is 0.0972 e. The van der Waals surface area contributed by atoms with Gasteiger partial charge in [0.05, 0.1) is 33.8 Å². The highest BCUT2D eigenvalue weighted by Crippen LogP contribution is 2.50. The van der Waals surface area contributed by atoms with Gasteiger partial charge in [-0.1, -0.05) is 249 Å². The highest BCUT2D eigenvalue weighted by Gasteiger charge is 2.26. The van der Waals surface area contributed by atoms with Gasteiger partial charge in [0.25, 0.3) is 0 Å². The topological polar surface area (TPSA) is 38.7 Å². The van der Waals surface area contributed by atoms with Gasteiger partial charge in [0, 0.05) is 49.7 Å². The van der Waals surface area contributed by atoms with Crippen molar-refractivity contribution in [3.8, 4) is 89.5 Å². The maximum Gasteiger partial charge on any atom is 0.0972 e. The minimum atomic E-state index is 0.896. The van der Waals surface area contributed by atoms with E-state index in [1.807, 2.05) is 6.07 Å². The summed E-state index contributed by atoms with van der Waals surface area (Å²) in [5.74, 6) is 0. The van der Waals surface area contributed by atoms with E-state index in [1.165, 1.54) is 16.3 Å². The molecular formula is C67H43N3. The maximum absolute atomic E-state index is 5.66. The average molecular weight is 890 g/mol. The zero-order chi connectivity index (χ0) is 46.4. The standard InChI is InChI=1S/C67H43N3/c1-6-20-44(21-7-1)57-42-40-51-38-39-52-41-43-58(69-67(52)66(51)68-57)63-55-32-18-16-30-53(55)59(54-31-17-19-33-56(54)63)47-34-36-48(37-35-47)60-61(45-22-8-2-9-23-45)64(49-26-12-4-13-27-49)70-65(50-28-14-5-15-29-50)62(60)46-24-10-3-11-25-46/h1-43H. The van der Waals surface area contributed by atoms with Crippen molar-refractivity contribution in [2.45, 2.75) is 0 Å². The molecule has 3 aromatic heterocycles. The van der Waals surface area contributed by atoms with E-state index in [0.717, 1.165) is 117 Å². The molecule has 0 aliphatic heterocycles. The predicted molar refractivity (Wildman–Crippen MR) is 293 cm³/mol. The Hall–Kier alpha value is -9.31. The highest BCUT2D eigenvalue weighted by molar-refractivity contribution is 6.21. The van der Waals surface area contributed by atoms with E-state index in [0.29, 0.717) is 0 Å². The molecule has 0 amide bonds. The Balaban J connectivity index is 1.03. The molecule has 0 aliphatic carbocycles. The van der Waals surface area contributed by atoms with E-state index in [9.17, 15) is 0 Å². The van der Waals surface area contributed by atoms with Gasteiger partial charge in [0.1, 0.15) is 0 Å². The van der Waals surface area contributed by atoms with E-state index in [4.69, 9.17) is 15.0 Å². The Labute approximate surface area is 406 Å². The van der Waals surface area contributed by atoms with E-state index in [2.05, 4.69) is 255 Å². The van der Waals surface area contributed by atoms with Crippen LogP contribution in [-0.2, 0) is 0 Å². The van der Waals surface area contributed by atoms with Crippen LogP contribution < -0.4 is 0 Å². The predicted octanol–water partition coefficient (Wildman–Crippen LogP) is 17.8. The minimum absolute atomic E-state index is 0.896. The monoisotopic (exact) mass is 889 g/mol. The Morgan fingerprint density at radius 1 is 0.186 bits per heavy atom. The van der Waals surface area contributed by atoms with Crippen LogP contribution in [0.5, 0.6) is 0 Å². The Morgan fingerprint density at radius 3 is 0.943 bits per heavy atom. The Morgan fingerprint density at radius 2 is 0.500 bits per heavy atom. The largest absolute Gasteiger partial charge is 0.246 e. The SMILES string of the molecule is c1ccc(-c2ccc3ccc4ccc(-c5c6ccccc6c(-c6ccc(-c7c(-c8ccccc8)c(-c8ccccc8)nc(-c8ccccc8)c7-c7ccccc7)cc6)c6ccccc56)nc4c3n2)cc1. The summed E-state index contributed by atoms with van der Waals surface area (Å²) in [4.78, 5) is 16.4. The first-order valence-corrected chi connectivity index (χ1v) is 23.9. The fraction of sp³-hybridized carbons (Fsp3) is 0. The molecule has 0 saturated heterocycles. The van der Waals surface area contributed by atoms with E-state index < -0.39 is 0 Å². The molecule has 0 saturated carbocycles. The van der Waals surface area contributed by atoms with Crippen molar-refractivity contribution in [1.29, 1.82) is 0 Å². The van der Waals surface area contributed by atoms with E-state index >= 15 is 0 Å². The van der Waals surface area contributed by atoms with Crippen LogP contribution in [0.15, 0.2) is 261 Å². The van der Waals surface area contributed by atoms with E-state index in [1.54, 1.807) is 0 Å². The van der Waals surface area contributed by atoms with Crippen LogP contribution in [0.3, 0.4) is 0 Å². The van der Waals surface area contributed by atoms with Crippen molar-refractivity contribution in [3.63, 3.8) is 0 Å². The molecule has 13 aromatic rings. The second kappa shape index (κ2) is 17.4. The lowest BCUT2D eigenvalue weighted by molar-refractivity contribution is 1.32. The van der Waals surface area contributed by atoms with Gasteiger partial charge in [-0.3, -0.25) is 0 Å². The molecule has 0 aliphatic rings.